The van der Waals surface area contributed by atoms with Gasteiger partial charge < -0.3 is 15.4 Å². The Morgan fingerprint density at radius 2 is 1.83 bits per heavy atom. The van der Waals surface area contributed by atoms with Crippen molar-refractivity contribution in [1.82, 2.24) is 14.9 Å². The van der Waals surface area contributed by atoms with E-state index in [-0.39, 0.29) is 28.7 Å². The summed E-state index contributed by atoms with van der Waals surface area (Å²) in [7, 11) is -3.52. The number of rotatable bonds is 7. The lowest BCUT2D eigenvalue weighted by Gasteiger charge is -2.25. The lowest BCUT2D eigenvalue weighted by Crippen LogP contribution is -2.40. The fraction of sp³-hybridized carbons (Fsp3) is 0.450. The van der Waals surface area contributed by atoms with Gasteiger partial charge in [0.25, 0.3) is 10.0 Å². The topological polar surface area (TPSA) is 87.7 Å². The average molecular weight is 472 g/mol. The van der Waals surface area contributed by atoms with Gasteiger partial charge in [-0.25, -0.2) is 13.2 Å². The second-order valence-electron chi connectivity index (χ2n) is 7.34. The largest absolute Gasteiger partial charge is 0.379 e. The predicted octanol–water partition coefficient (Wildman–Crippen LogP) is 3.62. The first-order chi connectivity index (χ1) is 14.3. The molecule has 1 aliphatic rings. The Kier molecular flexibility index (Phi) is 7.75. The number of thiophene rings is 1. The molecule has 30 heavy (non-hydrogen) atoms. The van der Waals surface area contributed by atoms with Crippen molar-refractivity contribution in [1.29, 1.82) is 0 Å². The number of sulfonamides is 1. The minimum atomic E-state index is -3.52. The van der Waals surface area contributed by atoms with Crippen molar-refractivity contribution >= 4 is 39.0 Å². The van der Waals surface area contributed by atoms with Crippen molar-refractivity contribution < 1.29 is 17.9 Å². The van der Waals surface area contributed by atoms with Gasteiger partial charge >= 0.3 is 6.03 Å². The number of ether oxygens (including phenoxy) is 1. The van der Waals surface area contributed by atoms with Crippen molar-refractivity contribution in [2.75, 3.05) is 26.3 Å². The fourth-order valence-corrected chi connectivity index (χ4v) is 6.15. The molecule has 1 aromatic heterocycles. The SMILES string of the molecule is CC(C)[C@@H](NC(=O)NCc1ccc(S(=O)(=O)N2CCOCC2)s1)c1ccc(Cl)cc1. The molecule has 7 nitrogen and oxygen atoms in total. The molecule has 0 radical (unpaired) electrons. The second-order valence-corrected chi connectivity index (χ2v) is 11.1. The molecule has 0 aliphatic carbocycles. The summed E-state index contributed by atoms with van der Waals surface area (Å²) in [5.74, 6) is 0.184. The van der Waals surface area contributed by atoms with Gasteiger partial charge in [-0.2, -0.15) is 4.31 Å². The molecule has 2 aromatic rings. The van der Waals surface area contributed by atoms with Gasteiger partial charge in [-0.05, 0) is 35.7 Å². The molecule has 1 aliphatic heterocycles. The molecule has 1 fully saturated rings. The average Bonchev–Trinajstić information content (AvgIpc) is 3.22. The molecule has 10 heteroatoms. The van der Waals surface area contributed by atoms with Crippen molar-refractivity contribution in [3.63, 3.8) is 0 Å². The number of benzene rings is 1. The van der Waals surface area contributed by atoms with Gasteiger partial charge in [-0.1, -0.05) is 37.6 Å². The molecule has 2 heterocycles. The molecule has 2 N–H and O–H groups in total. The summed E-state index contributed by atoms with van der Waals surface area (Å²) < 4.78 is 32.4. The molecule has 1 saturated heterocycles. The zero-order valence-corrected chi connectivity index (χ0v) is 19.3. The number of carbonyl (C=O) groups is 1. The van der Waals surface area contributed by atoms with Crippen LogP contribution in [0.25, 0.3) is 0 Å². The summed E-state index contributed by atoms with van der Waals surface area (Å²) in [5, 5.41) is 6.44. The molecule has 0 spiro atoms. The second kappa shape index (κ2) is 10.1. The van der Waals surface area contributed by atoms with Crippen molar-refractivity contribution in [2.24, 2.45) is 5.92 Å². The number of nitrogens with zero attached hydrogens (tertiary/aromatic N) is 1. The zero-order valence-electron chi connectivity index (χ0n) is 16.9. The Hall–Kier alpha value is -1.65. The monoisotopic (exact) mass is 471 g/mol. The molecule has 1 aromatic carbocycles. The van der Waals surface area contributed by atoms with E-state index in [1.165, 1.54) is 15.6 Å². The highest BCUT2D eigenvalue weighted by Crippen LogP contribution is 2.26. The molecule has 0 bridgehead atoms. The van der Waals surface area contributed by atoms with Crippen LogP contribution in [0.1, 0.15) is 30.3 Å². The normalized spacial score (nSPS) is 16.4. The quantitative estimate of drug-likeness (QED) is 0.645. The number of amides is 2. The van der Waals surface area contributed by atoms with Gasteiger partial charge in [0.05, 0.1) is 25.8 Å². The summed E-state index contributed by atoms with van der Waals surface area (Å²) >= 11 is 7.12. The van der Waals surface area contributed by atoms with Crippen LogP contribution in [0, 0.1) is 5.92 Å². The maximum atomic E-state index is 12.7. The highest BCUT2D eigenvalue weighted by molar-refractivity contribution is 7.91. The van der Waals surface area contributed by atoms with Crippen molar-refractivity contribution in [2.45, 2.75) is 30.6 Å². The van der Waals surface area contributed by atoms with Crippen LogP contribution < -0.4 is 10.6 Å². The maximum Gasteiger partial charge on any atom is 0.315 e. The lowest BCUT2D eigenvalue weighted by molar-refractivity contribution is 0.0731. The number of carbonyl (C=O) groups excluding carboxylic acids is 1. The standard InChI is InChI=1S/C20H26ClN3O4S2/c1-14(2)19(15-3-5-16(21)6-4-15)23-20(25)22-13-17-7-8-18(29-17)30(26,27)24-9-11-28-12-10-24/h3-8,14,19H,9-13H2,1-2H3,(H2,22,23,25)/t19-/m1/s1. The fourth-order valence-electron chi connectivity index (χ4n) is 3.17. The molecule has 0 unspecified atom stereocenters. The molecular weight excluding hydrogens is 446 g/mol. The molecule has 3 rings (SSSR count). The Labute approximate surface area is 186 Å². The third-order valence-electron chi connectivity index (χ3n) is 4.81. The van der Waals surface area contributed by atoms with E-state index in [4.69, 9.17) is 16.3 Å². The number of halogens is 1. The Morgan fingerprint density at radius 3 is 2.47 bits per heavy atom. The van der Waals surface area contributed by atoms with Crippen molar-refractivity contribution in [3.05, 3.63) is 51.9 Å². The lowest BCUT2D eigenvalue weighted by atomic mass is 9.96. The molecule has 0 saturated carbocycles. The Balaban J connectivity index is 1.58. The third kappa shape index (κ3) is 5.73. The van der Waals surface area contributed by atoms with E-state index in [1.807, 2.05) is 26.0 Å². The predicted molar refractivity (Wildman–Crippen MR) is 118 cm³/mol. The van der Waals surface area contributed by atoms with E-state index in [0.717, 1.165) is 10.4 Å². The smallest absolute Gasteiger partial charge is 0.315 e. The summed E-state index contributed by atoms with van der Waals surface area (Å²) in [6.07, 6.45) is 0. The first-order valence-corrected chi connectivity index (χ1v) is 12.4. The zero-order chi connectivity index (χ0) is 21.7. The van der Waals surface area contributed by atoms with E-state index in [9.17, 15) is 13.2 Å². The van der Waals surface area contributed by atoms with E-state index in [2.05, 4.69) is 10.6 Å². The minimum Gasteiger partial charge on any atom is -0.379 e. The number of hydrogen-bond donors (Lipinski definition) is 2. The summed E-state index contributed by atoms with van der Waals surface area (Å²) in [4.78, 5) is 13.2. The molecular formula is C20H26ClN3O4S2. The number of morpholine rings is 1. The Bertz CT molecular complexity index is 955. The minimum absolute atomic E-state index is 0.164. The summed E-state index contributed by atoms with van der Waals surface area (Å²) in [6.45, 7) is 5.84. The third-order valence-corrected chi connectivity index (χ3v) is 8.51. The summed E-state index contributed by atoms with van der Waals surface area (Å²) in [5.41, 5.74) is 0.972. The van der Waals surface area contributed by atoms with Gasteiger partial charge in [0.1, 0.15) is 4.21 Å². The Morgan fingerprint density at radius 1 is 1.17 bits per heavy atom. The van der Waals surface area contributed by atoms with Crippen LogP contribution in [-0.2, 0) is 21.3 Å². The number of urea groups is 1. The maximum absolute atomic E-state index is 12.7. The molecule has 1 atom stereocenters. The first kappa shape index (κ1) is 23.0. The van der Waals surface area contributed by atoms with Gasteiger partial charge in [-0.3, -0.25) is 0 Å². The van der Waals surface area contributed by atoms with Crippen molar-refractivity contribution in [3.8, 4) is 0 Å². The van der Waals surface area contributed by atoms with E-state index in [1.54, 1.807) is 24.3 Å². The highest BCUT2D eigenvalue weighted by Gasteiger charge is 2.27. The van der Waals surface area contributed by atoms with E-state index in [0.29, 0.717) is 31.3 Å². The molecule has 164 valence electrons. The summed E-state index contributed by atoms with van der Waals surface area (Å²) in [6, 6.07) is 10.2. The van der Waals surface area contributed by atoms with Gasteiger partial charge in [0.15, 0.2) is 0 Å². The van der Waals surface area contributed by atoms with Crippen LogP contribution in [0.5, 0.6) is 0 Å². The number of nitrogens with one attached hydrogen (secondary N) is 2. The van der Waals surface area contributed by atoms with Gasteiger partial charge in [0.2, 0.25) is 0 Å². The van der Waals surface area contributed by atoms with Crippen LogP contribution in [0.3, 0.4) is 0 Å². The van der Waals surface area contributed by atoms with Crippen LogP contribution in [0.2, 0.25) is 5.02 Å². The first-order valence-electron chi connectivity index (χ1n) is 9.74. The van der Waals surface area contributed by atoms with E-state index < -0.39 is 10.0 Å². The van der Waals surface area contributed by atoms with Gasteiger partial charge in [0, 0.05) is 23.0 Å². The van der Waals surface area contributed by atoms with Crippen LogP contribution >= 0.6 is 22.9 Å². The van der Waals surface area contributed by atoms with Crippen LogP contribution in [0.4, 0.5) is 4.79 Å². The van der Waals surface area contributed by atoms with Crippen LogP contribution in [-0.4, -0.2) is 45.1 Å². The van der Waals surface area contributed by atoms with Gasteiger partial charge in [-0.15, -0.1) is 11.3 Å². The van der Waals surface area contributed by atoms with Crippen LogP contribution in [0.15, 0.2) is 40.6 Å². The molecule has 2 amide bonds. The highest BCUT2D eigenvalue weighted by atomic mass is 35.5. The number of hydrogen-bond acceptors (Lipinski definition) is 5. The van der Waals surface area contributed by atoms with E-state index >= 15 is 0 Å².